The van der Waals surface area contributed by atoms with Crippen LogP contribution in [0.3, 0.4) is 0 Å². The van der Waals surface area contributed by atoms with Crippen LogP contribution in [0.4, 0.5) is 13.2 Å². The van der Waals surface area contributed by atoms with E-state index >= 15 is 0 Å². The molecule has 0 radical (unpaired) electrons. The van der Waals surface area contributed by atoms with Gasteiger partial charge in [0.2, 0.25) is 5.88 Å². The Labute approximate surface area is 149 Å². The average molecular weight is 383 g/mol. The molecule has 0 atom stereocenters. The number of hydrogen-bond acceptors (Lipinski definition) is 4. The van der Waals surface area contributed by atoms with Gasteiger partial charge in [-0.3, -0.25) is 4.99 Å². The van der Waals surface area contributed by atoms with Crippen molar-refractivity contribution in [1.29, 1.82) is 0 Å². The fraction of sp³-hybridized carbons (Fsp3) is 0.600. The highest BCUT2D eigenvalue weighted by Gasteiger charge is 2.31. The average Bonchev–Trinajstić information content (AvgIpc) is 2.56. The van der Waals surface area contributed by atoms with E-state index in [9.17, 15) is 13.2 Å². The number of halogens is 4. The van der Waals surface area contributed by atoms with E-state index in [-0.39, 0.29) is 17.5 Å². The summed E-state index contributed by atoms with van der Waals surface area (Å²) >= 11 is 5.76. The fourth-order valence-corrected chi connectivity index (χ4v) is 1.97. The van der Waals surface area contributed by atoms with Crippen LogP contribution in [0.2, 0.25) is 5.02 Å². The van der Waals surface area contributed by atoms with Crippen molar-refractivity contribution in [3.05, 3.63) is 22.8 Å². The molecule has 1 aromatic rings. The van der Waals surface area contributed by atoms with E-state index < -0.39 is 11.7 Å². The zero-order chi connectivity index (χ0) is 18.7. The maximum absolute atomic E-state index is 12.5. The standard InChI is InChI=1S/C15H22ClF3N4O2/c1-3-24-7-4-5-21-14(20-2)22-6-8-25-13-12(16)9-11(10-23-13)15(17,18)19/h9-10H,3-8H2,1-2H3,(H2,20,21,22). The molecule has 142 valence electrons. The van der Waals surface area contributed by atoms with Crippen molar-refractivity contribution in [1.82, 2.24) is 15.6 Å². The number of aromatic nitrogens is 1. The Balaban J connectivity index is 2.32. The van der Waals surface area contributed by atoms with E-state index in [4.69, 9.17) is 21.1 Å². The number of nitrogens with zero attached hydrogens (tertiary/aromatic N) is 2. The van der Waals surface area contributed by atoms with Crippen molar-refractivity contribution < 1.29 is 22.6 Å². The Bertz CT molecular complexity index is 556. The van der Waals surface area contributed by atoms with Crippen LogP contribution in [0.1, 0.15) is 18.9 Å². The van der Waals surface area contributed by atoms with Gasteiger partial charge in [0.15, 0.2) is 5.96 Å². The first-order chi connectivity index (χ1) is 11.9. The largest absolute Gasteiger partial charge is 0.475 e. The van der Waals surface area contributed by atoms with E-state index in [1.54, 1.807) is 7.05 Å². The maximum atomic E-state index is 12.5. The van der Waals surface area contributed by atoms with Crippen LogP contribution < -0.4 is 15.4 Å². The van der Waals surface area contributed by atoms with Crippen LogP contribution in [-0.2, 0) is 10.9 Å². The van der Waals surface area contributed by atoms with Crippen molar-refractivity contribution in [3.8, 4) is 5.88 Å². The summed E-state index contributed by atoms with van der Waals surface area (Å²) in [6.07, 6.45) is -2.96. The Kier molecular flexibility index (Phi) is 9.36. The molecule has 0 aliphatic carbocycles. The number of ether oxygens (including phenoxy) is 2. The third-order valence-electron chi connectivity index (χ3n) is 2.95. The summed E-state index contributed by atoms with van der Waals surface area (Å²) in [7, 11) is 1.63. The number of nitrogens with one attached hydrogen (secondary N) is 2. The summed E-state index contributed by atoms with van der Waals surface area (Å²) in [6, 6.07) is 0.788. The Morgan fingerprint density at radius 2 is 2.00 bits per heavy atom. The third kappa shape index (κ3) is 8.26. The minimum Gasteiger partial charge on any atom is -0.475 e. The van der Waals surface area contributed by atoms with Gasteiger partial charge in [-0.05, 0) is 19.4 Å². The number of hydrogen-bond donors (Lipinski definition) is 2. The first-order valence-electron chi connectivity index (χ1n) is 7.76. The molecule has 10 heteroatoms. The van der Waals surface area contributed by atoms with Crippen LogP contribution in [0, 0.1) is 0 Å². The van der Waals surface area contributed by atoms with Gasteiger partial charge in [0.05, 0.1) is 12.1 Å². The zero-order valence-corrected chi connectivity index (χ0v) is 14.9. The lowest BCUT2D eigenvalue weighted by atomic mass is 10.3. The van der Waals surface area contributed by atoms with E-state index in [2.05, 4.69) is 20.6 Å². The summed E-state index contributed by atoms with van der Waals surface area (Å²) in [5, 5.41) is 5.92. The van der Waals surface area contributed by atoms with E-state index in [0.717, 1.165) is 12.5 Å². The molecular weight excluding hydrogens is 361 g/mol. The highest BCUT2D eigenvalue weighted by atomic mass is 35.5. The van der Waals surface area contributed by atoms with Gasteiger partial charge in [-0.15, -0.1) is 0 Å². The van der Waals surface area contributed by atoms with Gasteiger partial charge in [-0.25, -0.2) is 4.98 Å². The smallest absolute Gasteiger partial charge is 0.417 e. The predicted molar refractivity (Wildman–Crippen MR) is 90.2 cm³/mol. The quantitative estimate of drug-likeness (QED) is 0.390. The topological polar surface area (TPSA) is 67.8 Å². The van der Waals surface area contributed by atoms with Gasteiger partial charge in [-0.2, -0.15) is 13.2 Å². The number of alkyl halides is 3. The van der Waals surface area contributed by atoms with Crippen molar-refractivity contribution >= 4 is 17.6 Å². The normalized spacial score (nSPS) is 12.2. The minimum absolute atomic E-state index is 0.0453. The maximum Gasteiger partial charge on any atom is 0.417 e. The van der Waals surface area contributed by atoms with Gasteiger partial charge < -0.3 is 20.1 Å². The molecule has 2 N–H and O–H groups in total. The molecule has 0 spiro atoms. The van der Waals surface area contributed by atoms with E-state index in [1.807, 2.05) is 6.92 Å². The molecule has 0 aliphatic heterocycles. The summed E-state index contributed by atoms with van der Waals surface area (Å²) in [4.78, 5) is 7.64. The van der Waals surface area contributed by atoms with Gasteiger partial charge in [-0.1, -0.05) is 11.6 Å². The molecule has 25 heavy (non-hydrogen) atoms. The number of rotatable bonds is 9. The second-order valence-corrected chi connectivity index (χ2v) is 5.24. The number of aliphatic imine (C=N–C) groups is 1. The Hall–Kier alpha value is -1.74. The molecule has 6 nitrogen and oxygen atoms in total. The molecular formula is C15H22ClF3N4O2. The first-order valence-corrected chi connectivity index (χ1v) is 8.14. The molecule has 0 amide bonds. The molecule has 0 saturated carbocycles. The van der Waals surface area contributed by atoms with Crippen LogP contribution in [0.15, 0.2) is 17.3 Å². The molecule has 1 aromatic heterocycles. The molecule has 1 rings (SSSR count). The molecule has 0 saturated heterocycles. The number of guanidine groups is 1. The van der Waals surface area contributed by atoms with Gasteiger partial charge in [0.1, 0.15) is 11.6 Å². The van der Waals surface area contributed by atoms with Crippen molar-refractivity contribution in [2.24, 2.45) is 4.99 Å². The summed E-state index contributed by atoms with van der Waals surface area (Å²) < 4.78 is 48.1. The fourth-order valence-electron chi connectivity index (χ4n) is 1.75. The molecule has 0 aliphatic rings. The van der Waals surface area contributed by atoms with Crippen LogP contribution in [-0.4, -0.2) is 50.9 Å². The van der Waals surface area contributed by atoms with Crippen LogP contribution >= 0.6 is 11.6 Å². The Morgan fingerprint density at radius 3 is 2.60 bits per heavy atom. The minimum atomic E-state index is -4.49. The molecule has 0 aromatic carbocycles. The summed E-state index contributed by atoms with van der Waals surface area (Å²) in [5.41, 5.74) is -0.917. The highest BCUT2D eigenvalue weighted by Crippen LogP contribution is 2.32. The highest BCUT2D eigenvalue weighted by molar-refractivity contribution is 6.31. The van der Waals surface area contributed by atoms with Gasteiger partial charge in [0, 0.05) is 33.0 Å². The monoisotopic (exact) mass is 382 g/mol. The lowest BCUT2D eigenvalue weighted by molar-refractivity contribution is -0.137. The van der Waals surface area contributed by atoms with E-state index in [1.165, 1.54) is 0 Å². The van der Waals surface area contributed by atoms with Gasteiger partial charge >= 0.3 is 6.18 Å². The second kappa shape index (κ2) is 11.0. The molecule has 0 fully saturated rings. The summed E-state index contributed by atoms with van der Waals surface area (Å²) in [5.74, 6) is 0.544. The van der Waals surface area contributed by atoms with Crippen molar-refractivity contribution in [2.75, 3.05) is 40.0 Å². The van der Waals surface area contributed by atoms with Crippen molar-refractivity contribution in [2.45, 2.75) is 19.5 Å². The first kappa shape index (κ1) is 21.3. The molecule has 0 bridgehead atoms. The van der Waals surface area contributed by atoms with E-state index in [0.29, 0.717) is 38.5 Å². The molecule has 0 unspecified atom stereocenters. The SMILES string of the molecule is CCOCCCNC(=NC)NCCOc1ncc(C(F)(F)F)cc1Cl. The van der Waals surface area contributed by atoms with Crippen molar-refractivity contribution in [3.63, 3.8) is 0 Å². The molecule has 1 heterocycles. The van der Waals surface area contributed by atoms with Gasteiger partial charge in [0.25, 0.3) is 0 Å². The zero-order valence-electron chi connectivity index (χ0n) is 14.1. The predicted octanol–water partition coefficient (Wildman–Crippen LogP) is 2.72. The Morgan fingerprint density at radius 1 is 1.28 bits per heavy atom. The second-order valence-electron chi connectivity index (χ2n) is 4.83. The van der Waals surface area contributed by atoms with Crippen LogP contribution in [0.25, 0.3) is 0 Å². The van der Waals surface area contributed by atoms with Crippen LogP contribution in [0.5, 0.6) is 5.88 Å². The lowest BCUT2D eigenvalue weighted by Crippen LogP contribution is -2.39. The lowest BCUT2D eigenvalue weighted by Gasteiger charge is -2.13. The third-order valence-corrected chi connectivity index (χ3v) is 3.22. The summed E-state index contributed by atoms with van der Waals surface area (Å²) in [6.45, 7) is 4.53. The number of pyridine rings is 1.